The number of aryl methyl sites for hydroxylation is 1. The first kappa shape index (κ1) is 16.2. The Morgan fingerprint density at radius 3 is 2.50 bits per heavy atom. The lowest BCUT2D eigenvalue weighted by molar-refractivity contribution is 0.101. The topological polar surface area (TPSA) is 91.9 Å². The second kappa shape index (κ2) is 6.09. The zero-order valence-electron chi connectivity index (χ0n) is 13.3. The van der Waals surface area contributed by atoms with Crippen molar-refractivity contribution in [1.29, 1.82) is 0 Å². The van der Waals surface area contributed by atoms with Crippen molar-refractivity contribution in [2.75, 3.05) is 4.72 Å². The van der Waals surface area contributed by atoms with E-state index in [9.17, 15) is 13.2 Å². The molecular weight excluding hydrogens is 326 g/mol. The molecule has 0 saturated heterocycles. The van der Waals surface area contributed by atoms with Crippen LogP contribution in [-0.2, 0) is 16.4 Å². The molecule has 0 atom stereocenters. The number of sulfonamides is 1. The number of nitrogens with one attached hydrogen (secondary N) is 2. The molecule has 24 heavy (non-hydrogen) atoms. The van der Waals surface area contributed by atoms with Gasteiger partial charge in [0, 0.05) is 12.0 Å². The predicted molar refractivity (Wildman–Crippen MR) is 92.7 cm³/mol. The van der Waals surface area contributed by atoms with Crippen LogP contribution in [0.5, 0.6) is 0 Å². The molecule has 1 heterocycles. The van der Waals surface area contributed by atoms with E-state index in [1.807, 2.05) is 6.92 Å². The van der Waals surface area contributed by atoms with E-state index >= 15 is 0 Å². The number of carbonyl (C=O) groups is 1. The fraction of sp³-hybridized carbons (Fsp3) is 0.176. The van der Waals surface area contributed by atoms with Crippen molar-refractivity contribution < 1.29 is 13.2 Å². The van der Waals surface area contributed by atoms with Gasteiger partial charge in [-0.3, -0.25) is 9.52 Å². The highest BCUT2D eigenvalue weighted by molar-refractivity contribution is 7.92. The quantitative estimate of drug-likeness (QED) is 0.696. The molecule has 2 aromatic carbocycles. The van der Waals surface area contributed by atoms with E-state index in [0.29, 0.717) is 11.3 Å². The minimum atomic E-state index is -3.72. The summed E-state index contributed by atoms with van der Waals surface area (Å²) in [4.78, 5) is 18.9. The standard InChI is InChI=1S/C17H17N3O3S/c1-3-17-18-15-9-6-13(10-16(15)19-17)20-24(22,23)14-7-4-12(5-8-14)11(2)21/h4-10,20H,3H2,1-2H3,(H,18,19). The second-order valence-electron chi connectivity index (χ2n) is 5.46. The number of fused-ring (bicyclic) bond motifs is 1. The van der Waals surface area contributed by atoms with E-state index in [4.69, 9.17) is 0 Å². The van der Waals surface area contributed by atoms with Gasteiger partial charge in [0.2, 0.25) is 0 Å². The number of imidazole rings is 1. The zero-order chi connectivity index (χ0) is 17.3. The summed E-state index contributed by atoms with van der Waals surface area (Å²) >= 11 is 0. The summed E-state index contributed by atoms with van der Waals surface area (Å²) in [6, 6.07) is 11.0. The number of hydrogen-bond acceptors (Lipinski definition) is 4. The van der Waals surface area contributed by atoms with Crippen molar-refractivity contribution in [3.05, 3.63) is 53.9 Å². The van der Waals surface area contributed by atoms with Crippen molar-refractivity contribution in [1.82, 2.24) is 9.97 Å². The lowest BCUT2D eigenvalue weighted by Crippen LogP contribution is -2.13. The number of ketones is 1. The average molecular weight is 343 g/mol. The van der Waals surface area contributed by atoms with Crippen molar-refractivity contribution in [2.45, 2.75) is 25.2 Å². The molecule has 6 nitrogen and oxygen atoms in total. The van der Waals surface area contributed by atoms with Crippen LogP contribution >= 0.6 is 0 Å². The van der Waals surface area contributed by atoms with Crippen LogP contribution in [0.15, 0.2) is 47.4 Å². The average Bonchev–Trinajstić information content (AvgIpc) is 2.97. The molecule has 0 aliphatic rings. The number of H-pyrrole nitrogens is 1. The molecule has 0 bridgehead atoms. The number of anilines is 1. The Balaban J connectivity index is 1.89. The molecule has 0 fully saturated rings. The number of aromatic amines is 1. The van der Waals surface area contributed by atoms with Gasteiger partial charge < -0.3 is 4.98 Å². The van der Waals surface area contributed by atoms with Gasteiger partial charge in [0.05, 0.1) is 21.6 Å². The predicted octanol–water partition coefficient (Wildman–Crippen LogP) is 3.13. The van der Waals surface area contributed by atoms with Crippen LogP contribution in [0.3, 0.4) is 0 Å². The summed E-state index contributed by atoms with van der Waals surface area (Å²) in [5.41, 5.74) is 2.49. The third-order valence-electron chi connectivity index (χ3n) is 3.69. The highest BCUT2D eigenvalue weighted by Gasteiger charge is 2.15. The normalized spacial score (nSPS) is 11.6. The van der Waals surface area contributed by atoms with Crippen molar-refractivity contribution >= 4 is 32.5 Å². The lowest BCUT2D eigenvalue weighted by atomic mass is 10.2. The molecule has 1 aromatic heterocycles. The van der Waals surface area contributed by atoms with E-state index in [0.717, 1.165) is 23.3 Å². The number of carbonyl (C=O) groups excluding carboxylic acids is 1. The van der Waals surface area contributed by atoms with Crippen LogP contribution in [0.25, 0.3) is 11.0 Å². The maximum Gasteiger partial charge on any atom is 0.261 e. The van der Waals surface area contributed by atoms with Crippen LogP contribution in [0, 0.1) is 0 Å². The molecule has 0 aliphatic carbocycles. The van der Waals surface area contributed by atoms with Crippen LogP contribution in [0.4, 0.5) is 5.69 Å². The SMILES string of the molecule is CCc1nc2ccc(NS(=O)(=O)c3ccc(C(C)=O)cc3)cc2[nH]1. The third-order valence-corrected chi connectivity index (χ3v) is 5.09. The smallest absolute Gasteiger partial charge is 0.261 e. The number of Topliss-reactive ketones (excluding diaryl/α,β-unsaturated/α-hetero) is 1. The molecule has 0 unspecified atom stereocenters. The molecule has 3 aromatic rings. The highest BCUT2D eigenvalue weighted by atomic mass is 32.2. The minimum Gasteiger partial charge on any atom is -0.342 e. The van der Waals surface area contributed by atoms with Crippen LogP contribution in [0.2, 0.25) is 0 Å². The Morgan fingerprint density at radius 2 is 1.88 bits per heavy atom. The molecule has 7 heteroatoms. The van der Waals surface area contributed by atoms with Gasteiger partial charge in [-0.05, 0) is 37.3 Å². The minimum absolute atomic E-state index is 0.103. The summed E-state index contributed by atoms with van der Waals surface area (Å²) in [7, 11) is -3.72. The summed E-state index contributed by atoms with van der Waals surface area (Å²) in [5, 5.41) is 0. The van der Waals surface area contributed by atoms with Gasteiger partial charge in [-0.25, -0.2) is 13.4 Å². The lowest BCUT2D eigenvalue weighted by Gasteiger charge is -2.08. The van der Waals surface area contributed by atoms with Crippen molar-refractivity contribution in [2.24, 2.45) is 0 Å². The van der Waals surface area contributed by atoms with E-state index in [-0.39, 0.29) is 10.7 Å². The van der Waals surface area contributed by atoms with Gasteiger partial charge in [0.25, 0.3) is 10.0 Å². The number of nitrogens with zero attached hydrogens (tertiary/aromatic N) is 1. The fourth-order valence-corrected chi connectivity index (χ4v) is 3.43. The fourth-order valence-electron chi connectivity index (χ4n) is 2.38. The first-order valence-electron chi connectivity index (χ1n) is 7.51. The number of rotatable bonds is 5. The Morgan fingerprint density at radius 1 is 1.17 bits per heavy atom. The molecule has 0 saturated carbocycles. The van der Waals surface area contributed by atoms with Crippen LogP contribution < -0.4 is 4.72 Å². The maximum absolute atomic E-state index is 12.5. The Kier molecular flexibility index (Phi) is 4.11. The number of aromatic nitrogens is 2. The van der Waals surface area contributed by atoms with E-state index in [1.54, 1.807) is 18.2 Å². The molecule has 0 spiro atoms. The van der Waals surface area contributed by atoms with E-state index in [1.165, 1.54) is 31.2 Å². The first-order valence-corrected chi connectivity index (χ1v) is 9.00. The molecule has 0 radical (unpaired) electrons. The summed E-state index contributed by atoms with van der Waals surface area (Å²) in [6.45, 7) is 3.43. The monoisotopic (exact) mass is 343 g/mol. The van der Waals surface area contributed by atoms with Crippen molar-refractivity contribution in [3.8, 4) is 0 Å². The number of benzene rings is 2. The first-order chi connectivity index (χ1) is 11.4. The van der Waals surface area contributed by atoms with Gasteiger partial charge in [-0.1, -0.05) is 19.1 Å². The zero-order valence-corrected chi connectivity index (χ0v) is 14.1. The Hall–Kier alpha value is -2.67. The summed E-state index contributed by atoms with van der Waals surface area (Å²) in [6.07, 6.45) is 0.776. The molecule has 0 amide bonds. The molecule has 124 valence electrons. The molecule has 3 rings (SSSR count). The van der Waals surface area contributed by atoms with Gasteiger partial charge in [0.15, 0.2) is 5.78 Å². The molecular formula is C17H17N3O3S. The highest BCUT2D eigenvalue weighted by Crippen LogP contribution is 2.21. The van der Waals surface area contributed by atoms with Gasteiger partial charge in [-0.15, -0.1) is 0 Å². The second-order valence-corrected chi connectivity index (χ2v) is 7.14. The maximum atomic E-state index is 12.5. The largest absolute Gasteiger partial charge is 0.342 e. The Labute approximate surface area is 140 Å². The van der Waals surface area contributed by atoms with Crippen LogP contribution in [0.1, 0.15) is 30.0 Å². The van der Waals surface area contributed by atoms with E-state index in [2.05, 4.69) is 14.7 Å². The van der Waals surface area contributed by atoms with Gasteiger partial charge in [-0.2, -0.15) is 0 Å². The summed E-state index contributed by atoms with van der Waals surface area (Å²) < 4.78 is 27.5. The van der Waals surface area contributed by atoms with Crippen molar-refractivity contribution in [3.63, 3.8) is 0 Å². The van der Waals surface area contributed by atoms with E-state index < -0.39 is 10.0 Å². The summed E-state index contributed by atoms with van der Waals surface area (Å²) in [5.74, 6) is 0.744. The molecule has 0 aliphatic heterocycles. The molecule has 2 N–H and O–H groups in total. The van der Waals surface area contributed by atoms with Crippen LogP contribution in [-0.4, -0.2) is 24.2 Å². The Bertz CT molecular complexity index is 1010. The third kappa shape index (κ3) is 3.16. The van der Waals surface area contributed by atoms with Gasteiger partial charge >= 0.3 is 0 Å². The van der Waals surface area contributed by atoms with Gasteiger partial charge in [0.1, 0.15) is 5.82 Å². The number of hydrogen-bond donors (Lipinski definition) is 2.